The lowest BCUT2D eigenvalue weighted by atomic mass is 10.2. The van der Waals surface area contributed by atoms with E-state index in [1.807, 2.05) is 13.0 Å². The molecule has 0 atom stereocenters. The molecule has 7 nitrogen and oxygen atoms in total. The van der Waals surface area contributed by atoms with Gasteiger partial charge in [0.1, 0.15) is 11.5 Å². The smallest absolute Gasteiger partial charge is 0.273 e. The van der Waals surface area contributed by atoms with Crippen LogP contribution in [0.15, 0.2) is 57.3 Å². The number of carbonyl (C=O) groups is 1. The van der Waals surface area contributed by atoms with Gasteiger partial charge >= 0.3 is 0 Å². The molecule has 0 bridgehead atoms. The predicted octanol–water partition coefficient (Wildman–Crippen LogP) is 3.30. The third kappa shape index (κ3) is 3.39. The summed E-state index contributed by atoms with van der Waals surface area (Å²) in [4.78, 5) is 38.2. The second kappa shape index (κ2) is 7.16. The van der Waals surface area contributed by atoms with E-state index >= 15 is 0 Å². The Bertz CT molecular complexity index is 1150. The highest BCUT2D eigenvalue weighted by atomic mass is 32.1. The summed E-state index contributed by atoms with van der Waals surface area (Å²) in [5.41, 5.74) is 0.734. The number of thiazole rings is 1. The molecule has 0 aliphatic heterocycles. The minimum Gasteiger partial charge on any atom is -0.462 e. The van der Waals surface area contributed by atoms with E-state index in [2.05, 4.69) is 15.0 Å². The largest absolute Gasteiger partial charge is 0.462 e. The van der Waals surface area contributed by atoms with Gasteiger partial charge in [0.25, 0.3) is 11.5 Å². The molecule has 0 aliphatic rings. The Labute approximate surface area is 158 Å². The minimum absolute atomic E-state index is 0.197. The van der Waals surface area contributed by atoms with Crippen LogP contribution in [0.5, 0.6) is 0 Å². The van der Waals surface area contributed by atoms with Crippen LogP contribution in [0.2, 0.25) is 0 Å². The van der Waals surface area contributed by atoms with Gasteiger partial charge in [0.2, 0.25) is 0 Å². The van der Waals surface area contributed by atoms with E-state index in [9.17, 15) is 9.59 Å². The molecule has 1 aromatic carbocycles. The molecule has 3 aromatic heterocycles. The summed E-state index contributed by atoms with van der Waals surface area (Å²) in [7, 11) is 0. The third-order valence-corrected chi connectivity index (χ3v) is 4.98. The van der Waals surface area contributed by atoms with Crippen molar-refractivity contribution >= 4 is 28.1 Å². The molecular formula is C19H16N4O3S. The highest BCUT2D eigenvalue weighted by Crippen LogP contribution is 2.24. The lowest BCUT2D eigenvalue weighted by Crippen LogP contribution is -2.32. The number of nitrogens with zero attached hydrogens (tertiary/aromatic N) is 3. The Morgan fingerprint density at radius 2 is 2.07 bits per heavy atom. The summed E-state index contributed by atoms with van der Waals surface area (Å²) in [5.74, 6) is 0.848. The maximum Gasteiger partial charge on any atom is 0.273 e. The second-order valence-electron chi connectivity index (χ2n) is 5.86. The number of nitrogens with one attached hydrogen (secondary N) is 1. The lowest BCUT2D eigenvalue weighted by molar-refractivity contribution is 0.0743. The van der Waals surface area contributed by atoms with Gasteiger partial charge in [-0.2, -0.15) is 0 Å². The van der Waals surface area contributed by atoms with Gasteiger partial charge in [-0.25, -0.2) is 9.97 Å². The first kappa shape index (κ1) is 17.2. The molecule has 4 aromatic rings. The van der Waals surface area contributed by atoms with Crippen molar-refractivity contribution in [3.8, 4) is 10.8 Å². The third-order valence-electron chi connectivity index (χ3n) is 4.13. The van der Waals surface area contributed by atoms with Crippen LogP contribution in [0.3, 0.4) is 0 Å². The molecule has 4 rings (SSSR count). The Kier molecular flexibility index (Phi) is 4.55. The summed E-state index contributed by atoms with van der Waals surface area (Å²) in [5, 5.41) is 2.88. The molecule has 8 heteroatoms. The highest BCUT2D eigenvalue weighted by Gasteiger charge is 2.20. The number of rotatable bonds is 5. The van der Waals surface area contributed by atoms with Crippen LogP contribution >= 0.6 is 11.3 Å². The first-order chi connectivity index (χ1) is 13.2. The molecule has 3 heterocycles. The summed E-state index contributed by atoms with van der Waals surface area (Å²) >= 11 is 1.35. The number of fused-ring (bicyclic) bond motifs is 1. The molecule has 0 unspecified atom stereocenters. The van der Waals surface area contributed by atoms with Crippen LogP contribution in [0, 0.1) is 0 Å². The average Bonchev–Trinajstić information content (AvgIpc) is 3.37. The number of para-hydroxylation sites is 1. The summed E-state index contributed by atoms with van der Waals surface area (Å²) in [6.07, 6.45) is 1.57. The van der Waals surface area contributed by atoms with Crippen molar-refractivity contribution in [3.05, 3.63) is 69.9 Å². The first-order valence-corrected chi connectivity index (χ1v) is 9.30. The van der Waals surface area contributed by atoms with E-state index in [1.54, 1.807) is 46.9 Å². The Morgan fingerprint density at radius 3 is 2.85 bits per heavy atom. The van der Waals surface area contributed by atoms with E-state index < -0.39 is 0 Å². The van der Waals surface area contributed by atoms with E-state index in [4.69, 9.17) is 4.42 Å². The maximum atomic E-state index is 12.8. The van der Waals surface area contributed by atoms with Crippen molar-refractivity contribution < 1.29 is 9.21 Å². The number of amides is 1. The number of H-pyrrole nitrogens is 1. The van der Waals surface area contributed by atoms with Gasteiger partial charge in [-0.1, -0.05) is 12.1 Å². The molecule has 0 aliphatic carbocycles. The van der Waals surface area contributed by atoms with Crippen molar-refractivity contribution in [1.82, 2.24) is 19.9 Å². The van der Waals surface area contributed by atoms with Gasteiger partial charge in [-0.3, -0.25) is 9.59 Å². The fraction of sp³-hybridized carbons (Fsp3) is 0.158. The van der Waals surface area contributed by atoms with Crippen LogP contribution in [-0.2, 0) is 6.54 Å². The van der Waals surface area contributed by atoms with Gasteiger partial charge in [0, 0.05) is 11.9 Å². The van der Waals surface area contributed by atoms with E-state index in [0.29, 0.717) is 39.7 Å². The topological polar surface area (TPSA) is 92.1 Å². The molecular weight excluding hydrogens is 364 g/mol. The molecule has 0 radical (unpaired) electrons. The quantitative estimate of drug-likeness (QED) is 0.573. The fourth-order valence-electron chi connectivity index (χ4n) is 2.77. The van der Waals surface area contributed by atoms with Crippen LogP contribution < -0.4 is 5.56 Å². The number of furan rings is 1. The second-order valence-corrected chi connectivity index (χ2v) is 6.72. The number of hydrogen-bond acceptors (Lipinski definition) is 6. The number of carbonyl (C=O) groups excluding carboxylic acids is 1. The molecule has 0 fully saturated rings. The zero-order valence-electron chi connectivity index (χ0n) is 14.5. The Morgan fingerprint density at radius 1 is 1.22 bits per heavy atom. The highest BCUT2D eigenvalue weighted by molar-refractivity contribution is 7.13. The normalized spacial score (nSPS) is 11.0. The lowest BCUT2D eigenvalue weighted by Gasteiger charge is -2.19. The van der Waals surface area contributed by atoms with E-state index in [0.717, 1.165) is 0 Å². The standard InChI is InChI=1S/C19H16N4O3S/c1-2-23(10-16-20-13-7-4-3-6-12(13)17(24)22-16)19(25)14-11-27-18(21-14)15-8-5-9-26-15/h3-9,11H,2,10H2,1H3,(H,20,22,24). The number of hydrogen-bond donors (Lipinski definition) is 1. The zero-order chi connectivity index (χ0) is 18.8. The Hall–Kier alpha value is -3.26. The van der Waals surface area contributed by atoms with Gasteiger partial charge in [0.05, 0.1) is 23.7 Å². The molecule has 1 N–H and O–H groups in total. The van der Waals surface area contributed by atoms with Crippen molar-refractivity contribution in [2.24, 2.45) is 0 Å². The van der Waals surface area contributed by atoms with E-state index in [1.165, 1.54) is 11.3 Å². The van der Waals surface area contributed by atoms with Crippen LogP contribution in [0.4, 0.5) is 0 Å². The number of aromatic nitrogens is 3. The summed E-state index contributed by atoms with van der Waals surface area (Å²) in [6.45, 7) is 2.53. The summed E-state index contributed by atoms with van der Waals surface area (Å²) < 4.78 is 5.32. The number of benzene rings is 1. The number of aromatic amines is 1. The molecule has 136 valence electrons. The molecule has 0 spiro atoms. The van der Waals surface area contributed by atoms with E-state index in [-0.39, 0.29) is 18.0 Å². The average molecular weight is 380 g/mol. The van der Waals surface area contributed by atoms with Crippen LogP contribution in [0.1, 0.15) is 23.2 Å². The van der Waals surface area contributed by atoms with Crippen molar-refractivity contribution in [3.63, 3.8) is 0 Å². The van der Waals surface area contributed by atoms with Gasteiger partial charge in [-0.05, 0) is 31.2 Å². The van der Waals surface area contributed by atoms with Crippen LogP contribution in [0.25, 0.3) is 21.7 Å². The zero-order valence-corrected chi connectivity index (χ0v) is 15.3. The minimum atomic E-state index is -0.220. The molecule has 0 saturated heterocycles. The van der Waals surface area contributed by atoms with Gasteiger partial charge < -0.3 is 14.3 Å². The van der Waals surface area contributed by atoms with Crippen molar-refractivity contribution in [1.29, 1.82) is 0 Å². The maximum absolute atomic E-state index is 12.8. The SMILES string of the molecule is CCN(Cc1nc2ccccc2c(=O)[nH]1)C(=O)c1csc(-c2ccco2)n1. The summed E-state index contributed by atoms with van der Waals surface area (Å²) in [6, 6.07) is 10.7. The molecule has 1 amide bonds. The fourth-order valence-corrected chi connectivity index (χ4v) is 3.53. The Balaban J connectivity index is 1.59. The monoisotopic (exact) mass is 380 g/mol. The predicted molar refractivity (Wildman–Crippen MR) is 103 cm³/mol. The van der Waals surface area contributed by atoms with Gasteiger partial charge in [0.15, 0.2) is 10.8 Å². The first-order valence-electron chi connectivity index (χ1n) is 8.42. The van der Waals surface area contributed by atoms with Crippen LogP contribution in [-0.4, -0.2) is 32.3 Å². The molecule has 27 heavy (non-hydrogen) atoms. The molecule has 0 saturated carbocycles. The van der Waals surface area contributed by atoms with Crippen molar-refractivity contribution in [2.45, 2.75) is 13.5 Å². The van der Waals surface area contributed by atoms with Crippen molar-refractivity contribution in [2.75, 3.05) is 6.54 Å². The van der Waals surface area contributed by atoms with Gasteiger partial charge in [-0.15, -0.1) is 11.3 Å².